The van der Waals surface area contributed by atoms with Crippen LogP contribution in [-0.4, -0.2) is 62.2 Å². The number of amides is 3. The van der Waals surface area contributed by atoms with Crippen LogP contribution in [0.25, 0.3) is 0 Å². The zero-order valence-electron chi connectivity index (χ0n) is 16.3. The van der Waals surface area contributed by atoms with Crippen molar-refractivity contribution in [2.75, 3.05) is 38.3 Å². The first kappa shape index (κ1) is 20.0. The van der Waals surface area contributed by atoms with Gasteiger partial charge in [0.15, 0.2) is 0 Å². The van der Waals surface area contributed by atoms with Gasteiger partial charge in [-0.05, 0) is 31.9 Å². The Bertz CT molecular complexity index is 730. The SMILES string of the molecule is CCOC(=O)N1CCC(NC(=O)[C@H]2CC(=O)N(c3ccccc3OC)C2)CC1. The summed E-state index contributed by atoms with van der Waals surface area (Å²) >= 11 is 0. The molecular weight excluding hydrogens is 362 g/mol. The largest absolute Gasteiger partial charge is 0.495 e. The predicted molar refractivity (Wildman–Crippen MR) is 103 cm³/mol. The second-order valence-corrected chi connectivity index (χ2v) is 7.05. The number of para-hydroxylation sites is 2. The van der Waals surface area contributed by atoms with E-state index in [0.717, 1.165) is 0 Å². The van der Waals surface area contributed by atoms with Gasteiger partial charge in [0, 0.05) is 32.1 Å². The van der Waals surface area contributed by atoms with E-state index in [2.05, 4.69) is 5.32 Å². The number of benzene rings is 1. The van der Waals surface area contributed by atoms with E-state index < -0.39 is 0 Å². The summed E-state index contributed by atoms with van der Waals surface area (Å²) in [6.45, 7) is 3.59. The van der Waals surface area contributed by atoms with E-state index >= 15 is 0 Å². The van der Waals surface area contributed by atoms with Crippen LogP contribution in [0.15, 0.2) is 24.3 Å². The molecule has 2 aliphatic heterocycles. The first-order chi connectivity index (χ1) is 13.5. The number of carbonyl (C=O) groups is 3. The van der Waals surface area contributed by atoms with Crippen molar-refractivity contribution in [3.05, 3.63) is 24.3 Å². The molecule has 0 saturated carbocycles. The van der Waals surface area contributed by atoms with Gasteiger partial charge in [-0.15, -0.1) is 0 Å². The van der Waals surface area contributed by atoms with E-state index in [4.69, 9.17) is 9.47 Å². The summed E-state index contributed by atoms with van der Waals surface area (Å²) in [4.78, 5) is 40.2. The number of ether oxygens (including phenoxy) is 2. The van der Waals surface area contributed by atoms with Crippen LogP contribution in [0, 0.1) is 5.92 Å². The number of piperidine rings is 1. The van der Waals surface area contributed by atoms with Crippen LogP contribution >= 0.6 is 0 Å². The van der Waals surface area contributed by atoms with Gasteiger partial charge in [0.2, 0.25) is 11.8 Å². The van der Waals surface area contributed by atoms with Crippen LogP contribution in [0.3, 0.4) is 0 Å². The number of carbonyl (C=O) groups excluding carboxylic acids is 3. The predicted octanol–water partition coefficient (Wildman–Crippen LogP) is 1.79. The molecule has 3 amide bonds. The second-order valence-electron chi connectivity index (χ2n) is 7.05. The fourth-order valence-electron chi connectivity index (χ4n) is 3.71. The van der Waals surface area contributed by atoms with Gasteiger partial charge in [-0.3, -0.25) is 9.59 Å². The van der Waals surface area contributed by atoms with Gasteiger partial charge in [0.05, 0.1) is 25.3 Å². The standard InChI is InChI=1S/C20H27N3O5/c1-3-28-20(26)22-10-8-15(9-11-22)21-19(25)14-12-18(24)23(13-14)16-6-4-5-7-17(16)27-2/h4-7,14-15H,3,8-13H2,1-2H3,(H,21,25)/t14-/m0/s1. The minimum absolute atomic E-state index is 0.00795. The molecule has 0 bridgehead atoms. The van der Waals surface area contributed by atoms with Gasteiger partial charge in [0.1, 0.15) is 5.75 Å². The van der Waals surface area contributed by atoms with Crippen molar-refractivity contribution >= 4 is 23.6 Å². The molecule has 1 atom stereocenters. The van der Waals surface area contributed by atoms with Crippen LogP contribution in [0.5, 0.6) is 5.75 Å². The van der Waals surface area contributed by atoms with Crippen molar-refractivity contribution in [1.29, 1.82) is 0 Å². The minimum Gasteiger partial charge on any atom is -0.495 e. The molecule has 2 heterocycles. The van der Waals surface area contributed by atoms with Crippen molar-refractivity contribution in [1.82, 2.24) is 10.2 Å². The summed E-state index contributed by atoms with van der Waals surface area (Å²) in [5.74, 6) is 0.0332. The van der Waals surface area contributed by atoms with Crippen molar-refractivity contribution in [2.45, 2.75) is 32.2 Å². The normalized spacial score (nSPS) is 20.2. The molecule has 1 N–H and O–H groups in total. The summed E-state index contributed by atoms with van der Waals surface area (Å²) in [5.41, 5.74) is 0.688. The Balaban J connectivity index is 1.54. The van der Waals surface area contributed by atoms with Gasteiger partial charge < -0.3 is 24.6 Å². The number of likely N-dealkylation sites (tertiary alicyclic amines) is 1. The maximum atomic E-state index is 12.7. The summed E-state index contributed by atoms with van der Waals surface area (Å²) in [6, 6.07) is 7.31. The van der Waals surface area contributed by atoms with Crippen molar-refractivity contribution < 1.29 is 23.9 Å². The lowest BCUT2D eigenvalue weighted by molar-refractivity contribution is -0.127. The molecule has 152 valence electrons. The molecule has 0 spiro atoms. The van der Waals surface area contributed by atoms with E-state index in [0.29, 0.717) is 50.5 Å². The highest BCUT2D eigenvalue weighted by Gasteiger charge is 2.37. The van der Waals surface area contributed by atoms with Gasteiger partial charge in [-0.25, -0.2) is 4.79 Å². The van der Waals surface area contributed by atoms with Crippen molar-refractivity contribution in [3.8, 4) is 5.75 Å². The van der Waals surface area contributed by atoms with Crippen molar-refractivity contribution in [3.63, 3.8) is 0 Å². The number of nitrogens with zero attached hydrogens (tertiary/aromatic N) is 2. The fourth-order valence-corrected chi connectivity index (χ4v) is 3.71. The molecule has 0 unspecified atom stereocenters. The van der Waals surface area contributed by atoms with E-state index in [1.54, 1.807) is 29.9 Å². The summed E-state index contributed by atoms with van der Waals surface area (Å²) in [6.07, 6.45) is 1.25. The number of anilines is 1. The smallest absolute Gasteiger partial charge is 0.409 e. The molecule has 2 fully saturated rings. The third-order valence-electron chi connectivity index (χ3n) is 5.24. The van der Waals surface area contributed by atoms with Crippen LogP contribution in [-0.2, 0) is 14.3 Å². The van der Waals surface area contributed by atoms with Crippen LogP contribution < -0.4 is 15.0 Å². The number of hydrogen-bond acceptors (Lipinski definition) is 5. The van der Waals surface area contributed by atoms with E-state index in [-0.39, 0.29) is 36.3 Å². The summed E-state index contributed by atoms with van der Waals surface area (Å²) in [5, 5.41) is 3.05. The Kier molecular flexibility index (Phi) is 6.38. The second kappa shape index (κ2) is 8.95. The van der Waals surface area contributed by atoms with E-state index in [1.807, 2.05) is 18.2 Å². The zero-order chi connectivity index (χ0) is 20.1. The maximum absolute atomic E-state index is 12.7. The highest BCUT2D eigenvalue weighted by atomic mass is 16.6. The monoisotopic (exact) mass is 389 g/mol. The van der Waals surface area contributed by atoms with Gasteiger partial charge in [0.25, 0.3) is 0 Å². The molecule has 8 heteroatoms. The molecule has 0 aliphatic carbocycles. The highest BCUT2D eigenvalue weighted by molar-refractivity contribution is 6.01. The third kappa shape index (κ3) is 4.37. The summed E-state index contributed by atoms with van der Waals surface area (Å²) in [7, 11) is 1.56. The van der Waals surface area contributed by atoms with E-state index in [9.17, 15) is 14.4 Å². The minimum atomic E-state index is -0.388. The molecule has 28 heavy (non-hydrogen) atoms. The quantitative estimate of drug-likeness (QED) is 0.829. The average Bonchev–Trinajstić information content (AvgIpc) is 3.10. The van der Waals surface area contributed by atoms with Crippen LogP contribution in [0.2, 0.25) is 0 Å². The molecule has 1 aromatic rings. The molecule has 0 aromatic heterocycles. The first-order valence-corrected chi connectivity index (χ1v) is 9.69. The summed E-state index contributed by atoms with van der Waals surface area (Å²) < 4.78 is 10.3. The molecule has 8 nitrogen and oxygen atoms in total. The number of hydrogen-bond donors (Lipinski definition) is 1. The van der Waals surface area contributed by atoms with Crippen LogP contribution in [0.4, 0.5) is 10.5 Å². The van der Waals surface area contributed by atoms with Gasteiger partial charge >= 0.3 is 6.09 Å². The third-order valence-corrected chi connectivity index (χ3v) is 5.24. The molecular formula is C20H27N3O5. The number of rotatable bonds is 5. The molecule has 0 radical (unpaired) electrons. The van der Waals surface area contributed by atoms with Gasteiger partial charge in [-0.2, -0.15) is 0 Å². The van der Waals surface area contributed by atoms with Crippen LogP contribution in [0.1, 0.15) is 26.2 Å². The molecule has 3 rings (SSSR count). The number of nitrogens with one attached hydrogen (secondary N) is 1. The Hall–Kier alpha value is -2.77. The zero-order valence-corrected chi connectivity index (χ0v) is 16.3. The fraction of sp³-hybridized carbons (Fsp3) is 0.550. The molecule has 2 saturated heterocycles. The lowest BCUT2D eigenvalue weighted by Gasteiger charge is -2.32. The Labute approximate surface area is 164 Å². The Morgan fingerprint density at radius 3 is 2.61 bits per heavy atom. The lowest BCUT2D eigenvalue weighted by Crippen LogP contribution is -2.48. The maximum Gasteiger partial charge on any atom is 0.409 e. The van der Waals surface area contributed by atoms with E-state index in [1.165, 1.54) is 0 Å². The topological polar surface area (TPSA) is 88.2 Å². The lowest BCUT2D eigenvalue weighted by atomic mass is 10.0. The molecule has 1 aromatic carbocycles. The Morgan fingerprint density at radius 2 is 1.93 bits per heavy atom. The average molecular weight is 389 g/mol. The first-order valence-electron chi connectivity index (χ1n) is 9.69. The van der Waals surface area contributed by atoms with Gasteiger partial charge in [-0.1, -0.05) is 12.1 Å². The molecule has 2 aliphatic rings. The van der Waals surface area contributed by atoms with Crippen molar-refractivity contribution in [2.24, 2.45) is 5.92 Å². The number of methoxy groups -OCH3 is 1. The Morgan fingerprint density at radius 1 is 1.21 bits per heavy atom. The highest BCUT2D eigenvalue weighted by Crippen LogP contribution is 2.32.